The van der Waals surface area contributed by atoms with Crippen molar-refractivity contribution in [2.24, 2.45) is 11.5 Å². The molecule has 4 nitrogen and oxygen atoms in total. The van der Waals surface area contributed by atoms with E-state index in [2.05, 4.69) is 5.32 Å². The second kappa shape index (κ2) is 4.57. The molecule has 0 aliphatic carbocycles. The molecule has 2 aromatic carbocycles. The van der Waals surface area contributed by atoms with Crippen molar-refractivity contribution < 1.29 is 4.79 Å². The normalized spacial score (nSPS) is 11.4. The molecule has 0 saturated heterocycles. The van der Waals surface area contributed by atoms with Crippen molar-refractivity contribution in [2.45, 2.75) is 0 Å². The first-order valence-corrected chi connectivity index (χ1v) is 5.18. The SMILES string of the molecule is NC(=O)/C=C(/N)Nc1cccc2ccccc12. The van der Waals surface area contributed by atoms with E-state index in [-0.39, 0.29) is 5.82 Å². The van der Waals surface area contributed by atoms with Gasteiger partial charge in [-0.2, -0.15) is 0 Å². The maximum Gasteiger partial charge on any atom is 0.245 e. The molecule has 0 bridgehead atoms. The molecule has 0 atom stereocenters. The zero-order valence-electron chi connectivity index (χ0n) is 9.18. The maximum absolute atomic E-state index is 10.7. The number of anilines is 1. The maximum atomic E-state index is 10.7. The molecule has 2 aromatic rings. The van der Waals surface area contributed by atoms with Crippen molar-refractivity contribution in [3.8, 4) is 0 Å². The molecule has 1 amide bonds. The first kappa shape index (κ1) is 11.0. The second-order valence-corrected chi connectivity index (χ2v) is 3.65. The number of rotatable bonds is 3. The average Bonchev–Trinajstić information content (AvgIpc) is 2.28. The Bertz CT molecular complexity index is 585. The van der Waals surface area contributed by atoms with Crippen LogP contribution in [0.2, 0.25) is 0 Å². The van der Waals surface area contributed by atoms with Crippen LogP contribution >= 0.6 is 0 Å². The zero-order valence-corrected chi connectivity index (χ0v) is 9.18. The van der Waals surface area contributed by atoms with Gasteiger partial charge in [0.05, 0.1) is 0 Å². The molecule has 86 valence electrons. The van der Waals surface area contributed by atoms with Crippen LogP contribution in [0.3, 0.4) is 0 Å². The smallest absolute Gasteiger partial charge is 0.245 e. The largest absolute Gasteiger partial charge is 0.385 e. The highest BCUT2D eigenvalue weighted by atomic mass is 16.1. The van der Waals surface area contributed by atoms with Gasteiger partial charge < -0.3 is 16.8 Å². The van der Waals surface area contributed by atoms with Gasteiger partial charge in [-0.25, -0.2) is 0 Å². The quantitative estimate of drug-likeness (QED) is 0.696. The Balaban J connectivity index is 2.39. The summed E-state index contributed by atoms with van der Waals surface area (Å²) in [5, 5.41) is 5.09. The molecule has 0 aliphatic heterocycles. The molecule has 0 radical (unpaired) electrons. The van der Waals surface area contributed by atoms with E-state index in [1.807, 2.05) is 42.5 Å². The molecule has 2 rings (SSSR count). The predicted octanol–water partition coefficient (Wildman–Crippen LogP) is 1.54. The summed E-state index contributed by atoms with van der Waals surface area (Å²) in [7, 11) is 0. The molecule has 0 saturated carbocycles. The van der Waals surface area contributed by atoms with Crippen LogP contribution in [0.1, 0.15) is 0 Å². The van der Waals surface area contributed by atoms with Crippen molar-refractivity contribution in [1.29, 1.82) is 0 Å². The van der Waals surface area contributed by atoms with Gasteiger partial charge in [0, 0.05) is 17.1 Å². The number of primary amides is 1. The summed E-state index contributed by atoms with van der Waals surface area (Å²) in [5.74, 6) is -0.343. The first-order valence-electron chi connectivity index (χ1n) is 5.18. The van der Waals surface area contributed by atoms with Gasteiger partial charge in [0.25, 0.3) is 0 Å². The molecular formula is C13H13N3O. The highest BCUT2D eigenvalue weighted by Gasteiger charge is 2.00. The van der Waals surface area contributed by atoms with Crippen LogP contribution in [-0.4, -0.2) is 5.91 Å². The lowest BCUT2D eigenvalue weighted by Gasteiger charge is -2.09. The van der Waals surface area contributed by atoms with Crippen molar-refractivity contribution in [2.75, 3.05) is 5.32 Å². The molecule has 0 aliphatic rings. The van der Waals surface area contributed by atoms with Gasteiger partial charge in [0.2, 0.25) is 5.91 Å². The first-order chi connectivity index (χ1) is 8.16. The van der Waals surface area contributed by atoms with E-state index in [9.17, 15) is 4.79 Å². The van der Waals surface area contributed by atoms with E-state index in [0.29, 0.717) is 0 Å². The minimum atomic E-state index is -0.574. The molecule has 0 aromatic heterocycles. The van der Waals surface area contributed by atoms with Crippen LogP contribution in [0, 0.1) is 0 Å². The standard InChI is InChI=1S/C13H13N3O/c14-12(8-13(15)17)16-11-7-3-5-9-4-1-2-6-10(9)11/h1-8,16H,14H2,(H2,15,17)/b12-8-. The van der Waals surface area contributed by atoms with Gasteiger partial charge in [-0.15, -0.1) is 0 Å². The average molecular weight is 227 g/mol. The minimum absolute atomic E-state index is 0.230. The summed E-state index contributed by atoms with van der Waals surface area (Å²) < 4.78 is 0. The number of hydrogen-bond donors (Lipinski definition) is 3. The van der Waals surface area contributed by atoms with Crippen molar-refractivity contribution in [1.82, 2.24) is 0 Å². The van der Waals surface area contributed by atoms with Gasteiger partial charge in [-0.05, 0) is 11.5 Å². The highest BCUT2D eigenvalue weighted by molar-refractivity contribution is 5.95. The molecular weight excluding hydrogens is 214 g/mol. The Morgan fingerprint density at radius 1 is 1.06 bits per heavy atom. The van der Waals surface area contributed by atoms with Gasteiger partial charge >= 0.3 is 0 Å². The van der Waals surface area contributed by atoms with Crippen LogP contribution in [0.4, 0.5) is 5.69 Å². The Morgan fingerprint density at radius 2 is 1.76 bits per heavy atom. The summed E-state index contributed by atoms with van der Waals surface area (Å²) >= 11 is 0. The number of fused-ring (bicyclic) bond motifs is 1. The van der Waals surface area contributed by atoms with E-state index in [1.54, 1.807) is 0 Å². The second-order valence-electron chi connectivity index (χ2n) is 3.65. The molecule has 17 heavy (non-hydrogen) atoms. The lowest BCUT2D eigenvalue weighted by Crippen LogP contribution is -2.15. The molecule has 4 heteroatoms. The topological polar surface area (TPSA) is 81.1 Å². The Morgan fingerprint density at radius 3 is 2.53 bits per heavy atom. The summed E-state index contributed by atoms with van der Waals surface area (Å²) in [5.41, 5.74) is 11.5. The van der Waals surface area contributed by atoms with Gasteiger partial charge in [-0.1, -0.05) is 36.4 Å². The fraction of sp³-hybridized carbons (Fsp3) is 0. The lowest BCUT2D eigenvalue weighted by atomic mass is 10.1. The van der Waals surface area contributed by atoms with E-state index < -0.39 is 5.91 Å². The van der Waals surface area contributed by atoms with Crippen LogP contribution < -0.4 is 16.8 Å². The molecule has 5 N–H and O–H groups in total. The zero-order chi connectivity index (χ0) is 12.3. The monoisotopic (exact) mass is 227 g/mol. The summed E-state index contributed by atoms with van der Waals surface area (Å²) in [4.78, 5) is 10.7. The van der Waals surface area contributed by atoms with Crippen LogP contribution in [0.15, 0.2) is 54.4 Å². The van der Waals surface area contributed by atoms with E-state index >= 15 is 0 Å². The molecule has 0 unspecified atom stereocenters. The Kier molecular flexibility index (Phi) is 2.96. The third-order valence-electron chi connectivity index (χ3n) is 2.37. The van der Waals surface area contributed by atoms with Crippen LogP contribution in [0.5, 0.6) is 0 Å². The summed E-state index contributed by atoms with van der Waals surface area (Å²) in [6, 6.07) is 13.7. The van der Waals surface area contributed by atoms with Crippen LogP contribution in [0.25, 0.3) is 10.8 Å². The summed E-state index contributed by atoms with van der Waals surface area (Å²) in [6.07, 6.45) is 1.15. The molecule has 0 heterocycles. The number of nitrogens with two attached hydrogens (primary N) is 2. The number of benzene rings is 2. The number of hydrogen-bond acceptors (Lipinski definition) is 3. The minimum Gasteiger partial charge on any atom is -0.385 e. The molecule has 0 spiro atoms. The van der Waals surface area contributed by atoms with Gasteiger partial charge in [0.1, 0.15) is 5.82 Å². The lowest BCUT2D eigenvalue weighted by molar-refractivity contribution is -0.113. The van der Waals surface area contributed by atoms with Crippen molar-refractivity contribution >= 4 is 22.4 Å². The van der Waals surface area contributed by atoms with Crippen LogP contribution in [-0.2, 0) is 4.79 Å². The van der Waals surface area contributed by atoms with Crippen molar-refractivity contribution in [3.63, 3.8) is 0 Å². The van der Waals surface area contributed by atoms with Gasteiger partial charge in [-0.3, -0.25) is 4.79 Å². The third-order valence-corrected chi connectivity index (χ3v) is 2.37. The molecule has 0 fully saturated rings. The van der Waals surface area contributed by atoms with Crippen molar-refractivity contribution in [3.05, 3.63) is 54.4 Å². The third kappa shape index (κ3) is 2.55. The Labute approximate surface area is 98.9 Å². The predicted molar refractivity (Wildman–Crippen MR) is 69.0 cm³/mol. The number of amides is 1. The van der Waals surface area contributed by atoms with E-state index in [0.717, 1.165) is 22.5 Å². The number of carbonyl (C=O) groups excluding carboxylic acids is 1. The summed E-state index contributed by atoms with van der Waals surface area (Å²) in [6.45, 7) is 0. The fourth-order valence-corrected chi connectivity index (χ4v) is 1.68. The highest BCUT2D eigenvalue weighted by Crippen LogP contribution is 2.23. The van der Waals surface area contributed by atoms with Gasteiger partial charge in [0.15, 0.2) is 0 Å². The number of nitrogens with one attached hydrogen (secondary N) is 1. The van der Waals surface area contributed by atoms with E-state index in [1.165, 1.54) is 0 Å². The van der Waals surface area contributed by atoms with E-state index in [4.69, 9.17) is 11.5 Å². The number of carbonyl (C=O) groups is 1. The fourth-order valence-electron chi connectivity index (χ4n) is 1.68. The Hall–Kier alpha value is -2.49.